The van der Waals surface area contributed by atoms with Gasteiger partial charge in [0.2, 0.25) is 0 Å². The number of benzene rings is 2. The fraction of sp³-hybridized carbons (Fsp3) is 0.273. The molecule has 0 unspecified atom stereocenters. The van der Waals surface area contributed by atoms with Crippen molar-refractivity contribution < 1.29 is 9.18 Å². The highest BCUT2D eigenvalue weighted by Crippen LogP contribution is 2.24. The van der Waals surface area contributed by atoms with Crippen molar-refractivity contribution in [3.8, 4) is 11.3 Å². The zero-order valence-electron chi connectivity index (χ0n) is 16.0. The average molecular weight is 378 g/mol. The number of hydrogen-bond acceptors (Lipinski definition) is 3. The van der Waals surface area contributed by atoms with Gasteiger partial charge in [0.05, 0.1) is 5.69 Å². The molecule has 3 aromatic rings. The number of aryl methyl sites for hydroxylation is 2. The summed E-state index contributed by atoms with van der Waals surface area (Å²) < 4.78 is 13.1. The Kier molecular flexibility index (Phi) is 4.86. The summed E-state index contributed by atoms with van der Waals surface area (Å²) in [6.07, 6.45) is 0.870. The van der Waals surface area contributed by atoms with Gasteiger partial charge in [0, 0.05) is 30.8 Å². The number of hydrogen-bond donors (Lipinski definition) is 2. The number of amides is 1. The van der Waals surface area contributed by atoms with Gasteiger partial charge < -0.3 is 10.2 Å². The molecule has 6 heteroatoms. The van der Waals surface area contributed by atoms with Gasteiger partial charge in [0.1, 0.15) is 5.82 Å². The maximum Gasteiger partial charge on any atom is 0.251 e. The van der Waals surface area contributed by atoms with Crippen LogP contribution in [0.3, 0.4) is 0 Å². The van der Waals surface area contributed by atoms with Crippen LogP contribution in [0.15, 0.2) is 48.5 Å². The summed E-state index contributed by atoms with van der Waals surface area (Å²) in [5.41, 5.74) is 4.61. The molecule has 28 heavy (non-hydrogen) atoms. The summed E-state index contributed by atoms with van der Waals surface area (Å²) in [5.74, 6) is 0.542. The summed E-state index contributed by atoms with van der Waals surface area (Å²) in [5, 5.41) is 10.5. The quantitative estimate of drug-likeness (QED) is 0.725. The highest BCUT2D eigenvalue weighted by atomic mass is 19.1. The lowest BCUT2D eigenvalue weighted by molar-refractivity contribution is 0.0940. The number of rotatable bonds is 4. The van der Waals surface area contributed by atoms with E-state index in [4.69, 9.17) is 0 Å². The third-order valence-electron chi connectivity index (χ3n) is 5.05. The smallest absolute Gasteiger partial charge is 0.251 e. The number of aromatic amines is 1. The first-order valence-corrected chi connectivity index (χ1v) is 9.43. The predicted molar refractivity (Wildman–Crippen MR) is 108 cm³/mol. The minimum absolute atomic E-state index is 0.0346. The van der Waals surface area contributed by atoms with E-state index in [-0.39, 0.29) is 17.8 Å². The van der Waals surface area contributed by atoms with Crippen LogP contribution in [0.5, 0.6) is 0 Å². The highest BCUT2D eigenvalue weighted by molar-refractivity contribution is 5.94. The van der Waals surface area contributed by atoms with Crippen molar-refractivity contribution >= 4 is 11.7 Å². The Hall–Kier alpha value is -3.15. The van der Waals surface area contributed by atoms with Gasteiger partial charge in [0.25, 0.3) is 5.91 Å². The normalized spacial score (nSPS) is 16.4. The van der Waals surface area contributed by atoms with E-state index < -0.39 is 0 Å². The Balaban J connectivity index is 1.40. The molecule has 0 spiro atoms. The van der Waals surface area contributed by atoms with Gasteiger partial charge in [0.15, 0.2) is 5.82 Å². The van der Waals surface area contributed by atoms with Crippen LogP contribution in [0, 0.1) is 19.7 Å². The molecule has 0 aliphatic carbocycles. The SMILES string of the molecule is Cc1cc(C)cc(C(=O)N[C@H]2CCN(c3cc(-c4ccc(F)cc4)[nH]n3)C2)c1. The fourth-order valence-corrected chi connectivity index (χ4v) is 3.71. The van der Waals surface area contributed by atoms with Crippen molar-refractivity contribution in [2.45, 2.75) is 26.3 Å². The van der Waals surface area contributed by atoms with Gasteiger partial charge in [-0.3, -0.25) is 9.89 Å². The van der Waals surface area contributed by atoms with Crippen molar-refractivity contribution in [2.75, 3.05) is 18.0 Å². The van der Waals surface area contributed by atoms with Crippen LogP contribution < -0.4 is 10.2 Å². The monoisotopic (exact) mass is 378 g/mol. The number of carbonyl (C=O) groups excluding carboxylic acids is 1. The first-order valence-electron chi connectivity index (χ1n) is 9.43. The van der Waals surface area contributed by atoms with Gasteiger partial charge in [-0.25, -0.2) is 4.39 Å². The molecule has 2 aromatic carbocycles. The van der Waals surface area contributed by atoms with Crippen LogP contribution in [-0.4, -0.2) is 35.2 Å². The summed E-state index contributed by atoms with van der Waals surface area (Å²) in [4.78, 5) is 14.7. The van der Waals surface area contributed by atoms with Gasteiger partial charge in [-0.05, 0) is 62.2 Å². The Morgan fingerprint density at radius 1 is 1.14 bits per heavy atom. The first-order chi connectivity index (χ1) is 13.5. The standard InChI is InChI=1S/C22H23FN4O/c1-14-9-15(2)11-17(10-14)22(28)24-19-7-8-27(13-19)21-12-20(25-26-21)16-3-5-18(23)6-4-16/h3-6,9-12,19H,7-8,13H2,1-2H3,(H,24,28)(H,25,26)/t19-/m0/s1. The zero-order chi connectivity index (χ0) is 19.7. The fourth-order valence-electron chi connectivity index (χ4n) is 3.71. The molecule has 1 aliphatic rings. The lowest BCUT2D eigenvalue weighted by atomic mass is 10.1. The molecule has 1 aliphatic heterocycles. The number of nitrogens with one attached hydrogen (secondary N) is 2. The molecule has 0 saturated carbocycles. The lowest BCUT2D eigenvalue weighted by Crippen LogP contribution is -2.37. The molecule has 144 valence electrons. The number of carbonyl (C=O) groups is 1. The van der Waals surface area contributed by atoms with E-state index >= 15 is 0 Å². The second kappa shape index (κ2) is 7.46. The summed E-state index contributed by atoms with van der Waals surface area (Å²) in [6.45, 7) is 5.53. The van der Waals surface area contributed by atoms with Crippen LogP contribution in [0.1, 0.15) is 27.9 Å². The van der Waals surface area contributed by atoms with Gasteiger partial charge in [-0.15, -0.1) is 0 Å². The zero-order valence-corrected chi connectivity index (χ0v) is 16.0. The van der Waals surface area contributed by atoms with Gasteiger partial charge >= 0.3 is 0 Å². The molecular weight excluding hydrogens is 355 g/mol. The molecule has 2 N–H and O–H groups in total. The van der Waals surface area contributed by atoms with Crippen LogP contribution in [-0.2, 0) is 0 Å². The molecule has 4 rings (SSSR count). The molecule has 1 saturated heterocycles. The minimum atomic E-state index is -0.259. The molecule has 1 atom stereocenters. The van der Waals surface area contributed by atoms with Crippen LogP contribution in [0.2, 0.25) is 0 Å². The third kappa shape index (κ3) is 3.91. The largest absolute Gasteiger partial charge is 0.353 e. The molecule has 1 amide bonds. The van der Waals surface area contributed by atoms with E-state index in [0.717, 1.165) is 41.2 Å². The summed E-state index contributed by atoms with van der Waals surface area (Å²) in [7, 11) is 0. The number of H-pyrrole nitrogens is 1. The molecule has 0 radical (unpaired) electrons. The second-order valence-corrected chi connectivity index (χ2v) is 7.43. The van der Waals surface area contributed by atoms with Crippen LogP contribution >= 0.6 is 0 Å². The van der Waals surface area contributed by atoms with Gasteiger partial charge in [-0.2, -0.15) is 5.10 Å². The molecule has 5 nitrogen and oxygen atoms in total. The number of aromatic nitrogens is 2. The van der Waals surface area contributed by atoms with E-state index in [2.05, 4.69) is 26.5 Å². The van der Waals surface area contributed by atoms with E-state index in [9.17, 15) is 9.18 Å². The Morgan fingerprint density at radius 3 is 2.57 bits per heavy atom. The maximum atomic E-state index is 13.1. The van der Waals surface area contributed by atoms with Crippen LogP contribution in [0.25, 0.3) is 11.3 Å². The number of anilines is 1. The van der Waals surface area contributed by atoms with Gasteiger partial charge in [-0.1, -0.05) is 17.2 Å². The molecule has 1 aromatic heterocycles. The van der Waals surface area contributed by atoms with Crippen molar-refractivity contribution in [3.05, 3.63) is 71.0 Å². The second-order valence-electron chi connectivity index (χ2n) is 7.43. The summed E-state index contributed by atoms with van der Waals surface area (Å²) >= 11 is 0. The average Bonchev–Trinajstić information content (AvgIpc) is 3.31. The number of nitrogens with zero attached hydrogens (tertiary/aromatic N) is 2. The molecular formula is C22H23FN4O. The van der Waals surface area contributed by atoms with E-state index in [0.29, 0.717) is 12.1 Å². The van der Waals surface area contributed by atoms with E-state index in [1.54, 1.807) is 12.1 Å². The van der Waals surface area contributed by atoms with E-state index in [1.165, 1.54) is 12.1 Å². The van der Waals surface area contributed by atoms with E-state index in [1.807, 2.05) is 32.0 Å². The molecule has 0 bridgehead atoms. The first kappa shape index (κ1) is 18.2. The van der Waals surface area contributed by atoms with Crippen LogP contribution in [0.4, 0.5) is 10.2 Å². The predicted octanol–water partition coefficient (Wildman–Crippen LogP) is 3.84. The maximum absolute atomic E-state index is 13.1. The minimum Gasteiger partial charge on any atom is -0.353 e. The highest BCUT2D eigenvalue weighted by Gasteiger charge is 2.26. The number of halogens is 1. The Bertz CT molecular complexity index is 976. The third-order valence-corrected chi connectivity index (χ3v) is 5.05. The summed E-state index contributed by atoms with van der Waals surface area (Å²) in [6, 6.07) is 14.3. The topological polar surface area (TPSA) is 61.0 Å². The van der Waals surface area contributed by atoms with Crippen molar-refractivity contribution in [1.29, 1.82) is 0 Å². The molecule has 2 heterocycles. The Labute approximate surface area is 163 Å². The Morgan fingerprint density at radius 2 is 1.86 bits per heavy atom. The molecule has 1 fully saturated rings. The van der Waals surface area contributed by atoms with Crippen molar-refractivity contribution in [1.82, 2.24) is 15.5 Å². The van der Waals surface area contributed by atoms with Crippen molar-refractivity contribution in [2.24, 2.45) is 0 Å². The lowest BCUT2D eigenvalue weighted by Gasteiger charge is -2.16. The van der Waals surface area contributed by atoms with Crippen molar-refractivity contribution in [3.63, 3.8) is 0 Å².